The molecule has 0 spiro atoms. The molecule has 1 aromatic carbocycles. The van der Waals surface area contributed by atoms with Gasteiger partial charge in [-0.25, -0.2) is 19.0 Å². The molecule has 3 heterocycles. The summed E-state index contributed by atoms with van der Waals surface area (Å²) in [5.41, 5.74) is -1.17. The van der Waals surface area contributed by atoms with Crippen molar-refractivity contribution in [3.05, 3.63) is 52.4 Å². The molecule has 2 aliphatic heterocycles. The second-order valence-electron chi connectivity index (χ2n) is 9.90. The molecule has 1 aromatic heterocycles. The lowest BCUT2D eigenvalue weighted by atomic mass is 10.1. The standard InChI is InChI=1S/C26H29ClF4N6O4/c1-16-13-17(26(29,30)31)14-21(32-16)37-20(23(38)33(2)19-6-3-5-18(27)22(19)28)15-36(24(37)39)8-4-7-34-9-11-35(12-10-34)25(40)41/h3,5-6,13-14,20H,4,7-12,15H2,1-2H3,(H,40,41). The smallest absolute Gasteiger partial charge is 0.416 e. The number of pyridine rings is 1. The number of anilines is 2. The minimum atomic E-state index is -4.71. The molecule has 2 fully saturated rings. The SMILES string of the molecule is Cc1cc(C(F)(F)F)cc(N2C(=O)N(CCCN3CCN(C(=O)O)CC3)CC2C(=O)N(C)c2cccc(Cl)c2F)n1. The summed E-state index contributed by atoms with van der Waals surface area (Å²) in [6.45, 7) is 3.69. The zero-order valence-electron chi connectivity index (χ0n) is 22.4. The number of amides is 4. The lowest BCUT2D eigenvalue weighted by Crippen LogP contribution is -2.48. The highest BCUT2D eigenvalue weighted by Crippen LogP contribution is 2.34. The number of hydrogen-bond acceptors (Lipinski definition) is 5. The van der Waals surface area contributed by atoms with Crippen molar-refractivity contribution in [3.63, 3.8) is 0 Å². The summed E-state index contributed by atoms with van der Waals surface area (Å²) in [7, 11) is 1.30. The Hall–Kier alpha value is -3.65. The maximum Gasteiger partial charge on any atom is 0.416 e. The van der Waals surface area contributed by atoms with Gasteiger partial charge in [0.05, 0.1) is 22.8 Å². The molecule has 222 valence electrons. The van der Waals surface area contributed by atoms with Gasteiger partial charge in [-0.3, -0.25) is 14.6 Å². The van der Waals surface area contributed by atoms with E-state index in [1.54, 1.807) is 0 Å². The number of alkyl halides is 3. The number of carboxylic acid groups (broad SMARTS) is 1. The molecule has 2 aliphatic rings. The zero-order chi connectivity index (χ0) is 30.1. The first-order valence-electron chi connectivity index (χ1n) is 12.8. The normalized spacial score (nSPS) is 18.3. The number of halogens is 5. The first-order valence-corrected chi connectivity index (χ1v) is 13.2. The summed E-state index contributed by atoms with van der Waals surface area (Å²) in [4.78, 5) is 49.1. The highest BCUT2D eigenvalue weighted by Gasteiger charge is 2.45. The molecular weight excluding hydrogens is 572 g/mol. The van der Waals surface area contributed by atoms with E-state index in [9.17, 15) is 31.9 Å². The number of carbonyl (C=O) groups excluding carboxylic acids is 2. The summed E-state index contributed by atoms with van der Waals surface area (Å²) in [6.07, 6.45) is -5.22. The highest BCUT2D eigenvalue weighted by molar-refractivity contribution is 6.31. The van der Waals surface area contributed by atoms with Crippen LogP contribution in [0.2, 0.25) is 5.02 Å². The monoisotopic (exact) mass is 600 g/mol. The van der Waals surface area contributed by atoms with Crippen LogP contribution in [0.25, 0.3) is 0 Å². The Bertz CT molecular complexity index is 1320. The van der Waals surface area contributed by atoms with E-state index in [-0.39, 0.29) is 35.3 Å². The van der Waals surface area contributed by atoms with Crippen LogP contribution in [-0.2, 0) is 11.0 Å². The molecular formula is C26H29ClF4N6O4. The Balaban J connectivity index is 1.57. The molecule has 2 aromatic rings. The van der Waals surface area contributed by atoms with Gasteiger partial charge in [-0.1, -0.05) is 17.7 Å². The van der Waals surface area contributed by atoms with Crippen LogP contribution >= 0.6 is 11.6 Å². The number of benzene rings is 1. The molecule has 2 saturated heterocycles. The number of rotatable bonds is 7. The summed E-state index contributed by atoms with van der Waals surface area (Å²) < 4.78 is 55.5. The van der Waals surface area contributed by atoms with Crippen LogP contribution in [0, 0.1) is 12.7 Å². The minimum absolute atomic E-state index is 0.00187. The fourth-order valence-corrected chi connectivity index (χ4v) is 5.14. The van der Waals surface area contributed by atoms with Crippen LogP contribution in [0.1, 0.15) is 17.7 Å². The fourth-order valence-electron chi connectivity index (χ4n) is 4.97. The topological polar surface area (TPSA) is 101 Å². The van der Waals surface area contributed by atoms with Gasteiger partial charge in [0.25, 0.3) is 5.91 Å². The summed E-state index contributed by atoms with van der Waals surface area (Å²) in [5, 5.41) is 8.89. The van der Waals surface area contributed by atoms with Gasteiger partial charge in [-0.2, -0.15) is 13.2 Å². The first kappa shape index (κ1) is 30.3. The van der Waals surface area contributed by atoms with E-state index in [2.05, 4.69) is 4.98 Å². The molecule has 4 amide bonds. The van der Waals surface area contributed by atoms with Crippen molar-refractivity contribution in [2.75, 3.05) is 62.7 Å². The number of aromatic nitrogens is 1. The summed E-state index contributed by atoms with van der Waals surface area (Å²) >= 11 is 5.88. The van der Waals surface area contributed by atoms with Crippen LogP contribution in [0.4, 0.5) is 38.7 Å². The quantitative estimate of drug-likeness (QED) is 0.479. The molecule has 15 heteroatoms. The van der Waals surface area contributed by atoms with E-state index in [0.717, 1.165) is 21.9 Å². The van der Waals surface area contributed by atoms with Gasteiger partial charge >= 0.3 is 18.3 Å². The van der Waals surface area contributed by atoms with E-state index in [0.29, 0.717) is 39.1 Å². The second kappa shape index (κ2) is 12.1. The lowest BCUT2D eigenvalue weighted by molar-refractivity contribution is -0.137. The van der Waals surface area contributed by atoms with Gasteiger partial charge in [-0.05, 0) is 44.2 Å². The van der Waals surface area contributed by atoms with Gasteiger partial charge in [0.1, 0.15) is 11.9 Å². The molecule has 1 atom stereocenters. The Morgan fingerprint density at radius 1 is 1.15 bits per heavy atom. The third-order valence-electron chi connectivity index (χ3n) is 7.15. The van der Waals surface area contributed by atoms with Gasteiger partial charge in [0.15, 0.2) is 5.82 Å². The Morgan fingerprint density at radius 3 is 2.46 bits per heavy atom. The van der Waals surface area contributed by atoms with Crippen molar-refractivity contribution in [2.45, 2.75) is 25.6 Å². The predicted molar refractivity (Wildman–Crippen MR) is 143 cm³/mol. The average molecular weight is 601 g/mol. The molecule has 10 nitrogen and oxygen atoms in total. The predicted octanol–water partition coefficient (Wildman–Crippen LogP) is 4.16. The molecule has 0 saturated carbocycles. The number of piperazine rings is 1. The fraction of sp³-hybridized carbons (Fsp3) is 0.462. The third-order valence-corrected chi connectivity index (χ3v) is 7.44. The highest BCUT2D eigenvalue weighted by atomic mass is 35.5. The van der Waals surface area contributed by atoms with Gasteiger partial charge in [0.2, 0.25) is 0 Å². The number of urea groups is 1. The average Bonchev–Trinajstić information content (AvgIpc) is 3.24. The first-order chi connectivity index (χ1) is 19.3. The molecule has 4 rings (SSSR count). The van der Waals surface area contributed by atoms with E-state index < -0.39 is 41.6 Å². The lowest BCUT2D eigenvalue weighted by Gasteiger charge is -2.33. The van der Waals surface area contributed by atoms with E-state index in [1.807, 2.05) is 4.90 Å². The number of hydrogen-bond donors (Lipinski definition) is 1. The Labute approximate surface area is 238 Å². The van der Waals surface area contributed by atoms with Crippen LogP contribution in [0.15, 0.2) is 30.3 Å². The minimum Gasteiger partial charge on any atom is -0.465 e. The van der Waals surface area contributed by atoms with E-state index >= 15 is 0 Å². The van der Waals surface area contributed by atoms with E-state index in [1.165, 1.54) is 42.0 Å². The van der Waals surface area contributed by atoms with Crippen molar-refractivity contribution < 1.29 is 37.1 Å². The van der Waals surface area contributed by atoms with Crippen molar-refractivity contribution in [2.24, 2.45) is 0 Å². The van der Waals surface area contributed by atoms with Gasteiger partial charge in [0, 0.05) is 45.5 Å². The van der Waals surface area contributed by atoms with Gasteiger partial charge in [-0.15, -0.1) is 0 Å². The molecule has 0 bridgehead atoms. The number of nitrogens with zero attached hydrogens (tertiary/aromatic N) is 6. The Morgan fingerprint density at radius 2 is 1.83 bits per heavy atom. The second-order valence-corrected chi connectivity index (χ2v) is 10.3. The zero-order valence-corrected chi connectivity index (χ0v) is 23.1. The van der Waals surface area contributed by atoms with Crippen LogP contribution in [0.3, 0.4) is 0 Å². The van der Waals surface area contributed by atoms with Crippen LogP contribution in [0.5, 0.6) is 0 Å². The molecule has 0 aliphatic carbocycles. The maximum atomic E-state index is 14.7. The van der Waals surface area contributed by atoms with Gasteiger partial charge < -0.3 is 19.8 Å². The number of carbonyl (C=O) groups is 3. The Kier molecular flexibility index (Phi) is 8.92. The number of aryl methyl sites for hydroxylation is 1. The maximum absolute atomic E-state index is 14.7. The van der Waals surface area contributed by atoms with Crippen molar-refractivity contribution in [1.29, 1.82) is 0 Å². The summed E-state index contributed by atoms with van der Waals surface area (Å²) in [6, 6.07) is 3.65. The van der Waals surface area contributed by atoms with E-state index in [4.69, 9.17) is 16.7 Å². The van der Waals surface area contributed by atoms with Crippen LogP contribution < -0.4 is 9.80 Å². The van der Waals surface area contributed by atoms with Crippen molar-refractivity contribution in [1.82, 2.24) is 19.7 Å². The summed E-state index contributed by atoms with van der Waals surface area (Å²) in [5.74, 6) is -1.93. The molecule has 41 heavy (non-hydrogen) atoms. The largest absolute Gasteiger partial charge is 0.465 e. The number of likely N-dealkylation sites (N-methyl/N-ethyl adjacent to an activating group) is 1. The molecule has 1 N–H and O–H groups in total. The van der Waals surface area contributed by atoms with Crippen LogP contribution in [-0.4, -0.2) is 102 Å². The third kappa shape index (κ3) is 6.64. The molecule has 0 radical (unpaired) electrons. The van der Waals surface area contributed by atoms with Crippen molar-refractivity contribution >= 4 is 41.1 Å². The molecule has 1 unspecified atom stereocenters. The van der Waals surface area contributed by atoms with Crippen molar-refractivity contribution in [3.8, 4) is 0 Å².